The molecule has 2 nitrogen and oxygen atoms in total. The average Bonchev–Trinajstić information content (AvgIpc) is 3.02. The second kappa shape index (κ2) is 6.88. The first-order valence-electron chi connectivity index (χ1n) is 7.81. The van der Waals surface area contributed by atoms with Crippen LogP contribution in [0.25, 0.3) is 0 Å². The molecule has 1 saturated heterocycles. The van der Waals surface area contributed by atoms with Crippen LogP contribution in [0.1, 0.15) is 42.0 Å². The Hall–Kier alpha value is -1.64. The van der Waals surface area contributed by atoms with Crippen molar-refractivity contribution in [2.75, 3.05) is 6.61 Å². The van der Waals surface area contributed by atoms with Gasteiger partial charge in [-0.25, -0.2) is 0 Å². The van der Waals surface area contributed by atoms with Gasteiger partial charge in [0.15, 0.2) is 0 Å². The van der Waals surface area contributed by atoms with Gasteiger partial charge < -0.3 is 10.5 Å². The summed E-state index contributed by atoms with van der Waals surface area (Å²) in [4.78, 5) is 0. The van der Waals surface area contributed by atoms with Crippen molar-refractivity contribution in [3.63, 3.8) is 0 Å². The van der Waals surface area contributed by atoms with E-state index in [2.05, 4.69) is 54.6 Å². The fourth-order valence-corrected chi connectivity index (χ4v) is 2.96. The molecule has 2 unspecified atom stereocenters. The van der Waals surface area contributed by atoms with E-state index in [0.717, 1.165) is 25.9 Å². The number of hydrogen-bond acceptors (Lipinski definition) is 2. The molecule has 1 fully saturated rings. The summed E-state index contributed by atoms with van der Waals surface area (Å²) in [5.41, 5.74) is 10.2. The Balaban J connectivity index is 1.60. The van der Waals surface area contributed by atoms with Gasteiger partial charge in [-0.15, -0.1) is 0 Å². The van der Waals surface area contributed by atoms with Gasteiger partial charge in [0.1, 0.15) is 0 Å². The quantitative estimate of drug-likeness (QED) is 0.903. The van der Waals surface area contributed by atoms with Gasteiger partial charge in [0.25, 0.3) is 0 Å². The first-order valence-corrected chi connectivity index (χ1v) is 7.81. The molecule has 0 bridgehead atoms. The predicted octanol–water partition coefficient (Wildman–Crippen LogP) is 3.85. The van der Waals surface area contributed by atoms with Crippen LogP contribution in [-0.4, -0.2) is 12.7 Å². The van der Waals surface area contributed by atoms with E-state index in [1.54, 1.807) is 0 Å². The molecule has 0 spiro atoms. The lowest BCUT2D eigenvalue weighted by molar-refractivity contribution is 0.0983. The molecule has 0 amide bonds. The van der Waals surface area contributed by atoms with Gasteiger partial charge in [-0.3, -0.25) is 0 Å². The Labute approximate surface area is 126 Å². The van der Waals surface area contributed by atoms with Crippen molar-refractivity contribution in [3.05, 3.63) is 71.3 Å². The fourth-order valence-electron chi connectivity index (χ4n) is 2.96. The van der Waals surface area contributed by atoms with Crippen LogP contribution in [-0.2, 0) is 11.2 Å². The zero-order valence-corrected chi connectivity index (χ0v) is 12.4. The van der Waals surface area contributed by atoms with Crippen molar-refractivity contribution in [2.45, 2.75) is 37.8 Å². The Kier molecular flexibility index (Phi) is 4.69. The van der Waals surface area contributed by atoms with E-state index in [1.807, 2.05) is 0 Å². The van der Waals surface area contributed by atoms with Crippen LogP contribution in [0, 0.1) is 0 Å². The molecule has 2 N–H and O–H groups in total. The van der Waals surface area contributed by atoms with Crippen LogP contribution in [0.15, 0.2) is 54.6 Å². The largest absolute Gasteiger partial charge is 0.378 e. The monoisotopic (exact) mass is 281 g/mol. The number of hydrogen-bond donors (Lipinski definition) is 1. The van der Waals surface area contributed by atoms with Crippen molar-refractivity contribution in [2.24, 2.45) is 5.73 Å². The minimum Gasteiger partial charge on any atom is -0.378 e. The molecule has 0 saturated carbocycles. The van der Waals surface area contributed by atoms with E-state index >= 15 is 0 Å². The lowest BCUT2D eigenvalue weighted by Gasteiger charge is -2.17. The maximum absolute atomic E-state index is 6.30. The Morgan fingerprint density at radius 2 is 1.71 bits per heavy atom. The van der Waals surface area contributed by atoms with Gasteiger partial charge >= 0.3 is 0 Å². The molecule has 1 heterocycles. The highest BCUT2D eigenvalue weighted by Gasteiger charge is 2.19. The molecule has 110 valence electrons. The molecule has 2 heteroatoms. The van der Waals surface area contributed by atoms with E-state index < -0.39 is 0 Å². The smallest absolute Gasteiger partial charge is 0.0594 e. The zero-order chi connectivity index (χ0) is 14.5. The maximum Gasteiger partial charge on any atom is 0.0594 e. The minimum absolute atomic E-state index is 0.0823. The van der Waals surface area contributed by atoms with Crippen molar-refractivity contribution in [3.8, 4) is 0 Å². The zero-order valence-electron chi connectivity index (χ0n) is 12.4. The van der Waals surface area contributed by atoms with Gasteiger partial charge in [-0.2, -0.15) is 0 Å². The molecule has 3 rings (SSSR count). The lowest BCUT2D eigenvalue weighted by Crippen LogP contribution is -2.18. The Morgan fingerprint density at radius 3 is 2.38 bits per heavy atom. The first kappa shape index (κ1) is 14.3. The van der Waals surface area contributed by atoms with Crippen LogP contribution in [0.4, 0.5) is 0 Å². The van der Waals surface area contributed by atoms with E-state index in [9.17, 15) is 0 Å². The van der Waals surface area contributed by atoms with E-state index in [0.29, 0.717) is 6.10 Å². The highest BCUT2D eigenvalue weighted by molar-refractivity contribution is 5.29. The molecule has 2 aromatic rings. The second-order valence-electron chi connectivity index (χ2n) is 5.88. The number of ether oxygens (including phenoxy) is 1. The molecule has 2 atom stereocenters. The predicted molar refractivity (Wildman–Crippen MR) is 86.2 cm³/mol. The van der Waals surface area contributed by atoms with Crippen molar-refractivity contribution >= 4 is 0 Å². The number of nitrogens with two attached hydrogens (primary N) is 1. The minimum atomic E-state index is 0.0823. The molecule has 0 aromatic heterocycles. The number of benzene rings is 2. The van der Waals surface area contributed by atoms with E-state index in [-0.39, 0.29) is 6.04 Å². The van der Waals surface area contributed by atoms with Gasteiger partial charge in [-0.1, -0.05) is 54.6 Å². The van der Waals surface area contributed by atoms with Crippen LogP contribution >= 0.6 is 0 Å². The summed E-state index contributed by atoms with van der Waals surface area (Å²) in [5.74, 6) is 0. The van der Waals surface area contributed by atoms with E-state index in [4.69, 9.17) is 10.5 Å². The fraction of sp³-hybridized carbons (Fsp3) is 0.368. The van der Waals surface area contributed by atoms with Crippen LogP contribution in [0.3, 0.4) is 0 Å². The molecule has 21 heavy (non-hydrogen) atoms. The summed E-state index contributed by atoms with van der Waals surface area (Å²) >= 11 is 0. The highest BCUT2D eigenvalue weighted by atomic mass is 16.5. The third-order valence-corrected chi connectivity index (χ3v) is 4.20. The normalized spacial score (nSPS) is 19.6. The summed E-state index contributed by atoms with van der Waals surface area (Å²) in [5, 5.41) is 0. The van der Waals surface area contributed by atoms with Crippen LogP contribution in [0.2, 0.25) is 0 Å². The molecular formula is C19H23NO. The average molecular weight is 281 g/mol. The first-order chi connectivity index (χ1) is 10.3. The summed E-state index contributed by atoms with van der Waals surface area (Å²) in [7, 11) is 0. The molecule has 1 aliphatic rings. The van der Waals surface area contributed by atoms with Crippen LogP contribution in [0.5, 0.6) is 0 Å². The maximum atomic E-state index is 6.30. The van der Waals surface area contributed by atoms with Crippen LogP contribution < -0.4 is 5.73 Å². The van der Waals surface area contributed by atoms with Crippen molar-refractivity contribution in [1.82, 2.24) is 0 Å². The van der Waals surface area contributed by atoms with Gasteiger partial charge in [0, 0.05) is 12.6 Å². The standard InChI is InChI=1S/C19H23NO/c20-19(14-18-7-4-12-21-18)17-10-8-16(9-11-17)13-15-5-2-1-3-6-15/h1-3,5-6,8-11,18-19H,4,7,12-14,20H2. The third kappa shape index (κ3) is 3.93. The van der Waals surface area contributed by atoms with E-state index in [1.165, 1.54) is 23.1 Å². The van der Waals surface area contributed by atoms with Crippen molar-refractivity contribution < 1.29 is 4.74 Å². The lowest BCUT2D eigenvalue weighted by atomic mass is 9.97. The van der Waals surface area contributed by atoms with Gasteiger partial charge in [0.05, 0.1) is 6.10 Å². The Morgan fingerprint density at radius 1 is 1.00 bits per heavy atom. The Bertz CT molecular complexity index is 544. The number of rotatable bonds is 5. The SMILES string of the molecule is NC(CC1CCCO1)c1ccc(Cc2ccccc2)cc1. The molecular weight excluding hydrogens is 258 g/mol. The van der Waals surface area contributed by atoms with Crippen molar-refractivity contribution in [1.29, 1.82) is 0 Å². The topological polar surface area (TPSA) is 35.2 Å². The molecule has 0 radical (unpaired) electrons. The summed E-state index contributed by atoms with van der Waals surface area (Å²) < 4.78 is 5.67. The molecule has 2 aromatic carbocycles. The highest BCUT2D eigenvalue weighted by Crippen LogP contribution is 2.24. The summed E-state index contributed by atoms with van der Waals surface area (Å²) in [6.45, 7) is 0.896. The molecule has 0 aliphatic carbocycles. The summed E-state index contributed by atoms with van der Waals surface area (Å²) in [6, 6.07) is 19.3. The second-order valence-corrected chi connectivity index (χ2v) is 5.88. The van der Waals surface area contributed by atoms with Gasteiger partial charge in [-0.05, 0) is 42.4 Å². The molecule has 1 aliphatic heterocycles. The third-order valence-electron chi connectivity index (χ3n) is 4.20. The van der Waals surface area contributed by atoms with Gasteiger partial charge in [0.2, 0.25) is 0 Å². The summed E-state index contributed by atoms with van der Waals surface area (Å²) in [6.07, 6.45) is 4.58.